The first kappa shape index (κ1) is 13.6. The molecule has 0 atom stereocenters. The van der Waals surface area contributed by atoms with Crippen LogP contribution in [0.1, 0.15) is 10.4 Å². The Hall–Kier alpha value is -1.78. The molecule has 19 heavy (non-hydrogen) atoms. The van der Waals surface area contributed by atoms with Gasteiger partial charge < -0.3 is 10.4 Å². The van der Waals surface area contributed by atoms with Gasteiger partial charge in [-0.05, 0) is 30.3 Å². The van der Waals surface area contributed by atoms with Crippen LogP contribution in [0.4, 0.5) is 15.8 Å². The summed E-state index contributed by atoms with van der Waals surface area (Å²) in [5.74, 6) is -1.88. The molecule has 0 aromatic heterocycles. The maximum atomic E-state index is 13.7. The van der Waals surface area contributed by atoms with Crippen LogP contribution in [0, 0.1) is 5.82 Å². The molecule has 2 aromatic rings. The van der Waals surface area contributed by atoms with Gasteiger partial charge in [0.1, 0.15) is 5.82 Å². The van der Waals surface area contributed by atoms with Crippen molar-refractivity contribution in [2.75, 3.05) is 5.32 Å². The summed E-state index contributed by atoms with van der Waals surface area (Å²) in [5.41, 5.74) is 0.168. The molecule has 6 heteroatoms. The molecular weight excluding hydrogens is 292 g/mol. The van der Waals surface area contributed by atoms with E-state index < -0.39 is 11.8 Å². The number of para-hydroxylation sites is 1. The number of anilines is 2. The molecule has 98 valence electrons. The van der Waals surface area contributed by atoms with Crippen LogP contribution in [0.15, 0.2) is 36.4 Å². The predicted molar refractivity (Wildman–Crippen MR) is 73.1 cm³/mol. The van der Waals surface area contributed by atoms with Gasteiger partial charge in [-0.15, -0.1) is 0 Å². The van der Waals surface area contributed by atoms with Crippen molar-refractivity contribution in [2.45, 2.75) is 0 Å². The number of hydrogen-bond acceptors (Lipinski definition) is 2. The molecule has 0 spiro atoms. The fourth-order valence-electron chi connectivity index (χ4n) is 1.55. The van der Waals surface area contributed by atoms with E-state index in [2.05, 4.69) is 5.32 Å². The minimum absolute atomic E-state index is 0.117. The Morgan fingerprint density at radius 1 is 1.16 bits per heavy atom. The zero-order valence-corrected chi connectivity index (χ0v) is 11.0. The van der Waals surface area contributed by atoms with E-state index in [-0.39, 0.29) is 11.3 Å². The largest absolute Gasteiger partial charge is 0.478 e. The summed E-state index contributed by atoms with van der Waals surface area (Å²) in [6, 6.07) is 8.41. The summed E-state index contributed by atoms with van der Waals surface area (Å²) in [7, 11) is 0. The Labute approximate surface area is 118 Å². The molecule has 2 aromatic carbocycles. The van der Waals surface area contributed by atoms with Gasteiger partial charge in [0.15, 0.2) is 0 Å². The van der Waals surface area contributed by atoms with Crippen molar-refractivity contribution in [3.8, 4) is 0 Å². The molecule has 0 saturated heterocycles. The lowest BCUT2D eigenvalue weighted by Gasteiger charge is -2.11. The lowest BCUT2D eigenvalue weighted by atomic mass is 10.1. The second kappa shape index (κ2) is 5.47. The standard InChI is InChI=1S/C13H8Cl2FNO2/c14-9-5-4-7(6-10(9)15)17-12-8(13(18)19)2-1-3-11(12)16/h1-6,17H,(H,18,19). The van der Waals surface area contributed by atoms with Crippen molar-refractivity contribution in [2.24, 2.45) is 0 Å². The molecule has 0 unspecified atom stereocenters. The number of halogens is 3. The van der Waals surface area contributed by atoms with Crippen LogP contribution >= 0.6 is 23.2 Å². The van der Waals surface area contributed by atoms with Gasteiger partial charge in [-0.1, -0.05) is 29.3 Å². The number of carboxylic acids is 1. The molecule has 0 heterocycles. The van der Waals surface area contributed by atoms with E-state index >= 15 is 0 Å². The zero-order valence-electron chi connectivity index (χ0n) is 9.45. The van der Waals surface area contributed by atoms with Gasteiger partial charge >= 0.3 is 5.97 Å². The minimum Gasteiger partial charge on any atom is -0.478 e. The van der Waals surface area contributed by atoms with Crippen LogP contribution in [0.5, 0.6) is 0 Å². The molecule has 0 aliphatic heterocycles. The molecule has 0 amide bonds. The fraction of sp³-hybridized carbons (Fsp3) is 0. The van der Waals surface area contributed by atoms with E-state index in [1.54, 1.807) is 6.07 Å². The highest BCUT2D eigenvalue weighted by Crippen LogP contribution is 2.29. The SMILES string of the molecule is O=C(O)c1cccc(F)c1Nc1ccc(Cl)c(Cl)c1. The highest BCUT2D eigenvalue weighted by Gasteiger charge is 2.14. The molecule has 0 radical (unpaired) electrons. The molecule has 0 aliphatic rings. The second-order valence-corrected chi connectivity index (χ2v) is 4.54. The summed E-state index contributed by atoms with van der Waals surface area (Å²) >= 11 is 11.6. The Bertz CT molecular complexity index is 647. The third kappa shape index (κ3) is 2.97. The average molecular weight is 300 g/mol. The number of rotatable bonds is 3. The molecule has 0 saturated carbocycles. The van der Waals surface area contributed by atoms with Gasteiger partial charge in [0, 0.05) is 5.69 Å². The second-order valence-electron chi connectivity index (χ2n) is 3.72. The number of nitrogens with one attached hydrogen (secondary N) is 1. The van der Waals surface area contributed by atoms with Crippen molar-refractivity contribution >= 4 is 40.5 Å². The van der Waals surface area contributed by atoms with Crippen LogP contribution in [-0.4, -0.2) is 11.1 Å². The molecule has 2 rings (SSSR count). The van der Waals surface area contributed by atoms with Gasteiger partial charge in [-0.2, -0.15) is 0 Å². The molecule has 0 aliphatic carbocycles. The third-order valence-corrected chi connectivity index (χ3v) is 3.17. The van der Waals surface area contributed by atoms with Crippen molar-refractivity contribution in [3.05, 3.63) is 57.8 Å². The lowest BCUT2D eigenvalue weighted by Crippen LogP contribution is -2.04. The molecular formula is C13H8Cl2FNO2. The first-order valence-electron chi connectivity index (χ1n) is 5.23. The summed E-state index contributed by atoms with van der Waals surface area (Å²) in [5, 5.41) is 12.4. The molecule has 0 bridgehead atoms. The lowest BCUT2D eigenvalue weighted by molar-refractivity contribution is 0.0697. The van der Waals surface area contributed by atoms with E-state index in [1.807, 2.05) is 0 Å². The molecule has 0 fully saturated rings. The maximum absolute atomic E-state index is 13.7. The van der Waals surface area contributed by atoms with E-state index in [1.165, 1.54) is 30.3 Å². The molecule has 3 nitrogen and oxygen atoms in total. The Kier molecular flexibility index (Phi) is 3.93. The normalized spacial score (nSPS) is 10.3. The molecule has 2 N–H and O–H groups in total. The van der Waals surface area contributed by atoms with Crippen molar-refractivity contribution in [1.82, 2.24) is 0 Å². The first-order valence-corrected chi connectivity index (χ1v) is 5.98. The summed E-state index contributed by atoms with van der Waals surface area (Å²) < 4.78 is 13.7. The highest BCUT2D eigenvalue weighted by molar-refractivity contribution is 6.42. The number of benzene rings is 2. The van der Waals surface area contributed by atoms with E-state index in [9.17, 15) is 9.18 Å². The van der Waals surface area contributed by atoms with Crippen molar-refractivity contribution in [1.29, 1.82) is 0 Å². The van der Waals surface area contributed by atoms with Crippen LogP contribution in [0.2, 0.25) is 10.0 Å². The predicted octanol–water partition coefficient (Wildman–Crippen LogP) is 4.57. The fourth-order valence-corrected chi connectivity index (χ4v) is 1.85. The van der Waals surface area contributed by atoms with Gasteiger partial charge in [0.25, 0.3) is 0 Å². The summed E-state index contributed by atoms with van der Waals surface area (Å²) in [4.78, 5) is 11.0. The smallest absolute Gasteiger partial charge is 0.337 e. The van der Waals surface area contributed by atoms with E-state index in [4.69, 9.17) is 28.3 Å². The number of hydrogen-bond donors (Lipinski definition) is 2. The Morgan fingerprint density at radius 3 is 2.53 bits per heavy atom. The third-order valence-electron chi connectivity index (χ3n) is 2.43. The van der Waals surface area contributed by atoms with Crippen LogP contribution < -0.4 is 5.32 Å². The number of aromatic carboxylic acids is 1. The number of carbonyl (C=O) groups is 1. The van der Waals surface area contributed by atoms with Crippen molar-refractivity contribution in [3.63, 3.8) is 0 Å². The van der Waals surface area contributed by atoms with E-state index in [0.717, 1.165) is 0 Å². The quantitative estimate of drug-likeness (QED) is 0.872. The maximum Gasteiger partial charge on any atom is 0.337 e. The van der Waals surface area contributed by atoms with Gasteiger partial charge in [0.2, 0.25) is 0 Å². The Balaban J connectivity index is 2.42. The highest BCUT2D eigenvalue weighted by atomic mass is 35.5. The Morgan fingerprint density at radius 2 is 1.89 bits per heavy atom. The van der Waals surface area contributed by atoms with Crippen LogP contribution in [0.25, 0.3) is 0 Å². The summed E-state index contributed by atoms with van der Waals surface area (Å²) in [6.45, 7) is 0. The first-order chi connectivity index (χ1) is 8.99. The topological polar surface area (TPSA) is 49.3 Å². The zero-order chi connectivity index (χ0) is 14.0. The van der Waals surface area contributed by atoms with Crippen molar-refractivity contribution < 1.29 is 14.3 Å². The monoisotopic (exact) mass is 299 g/mol. The minimum atomic E-state index is -1.22. The average Bonchev–Trinajstić information content (AvgIpc) is 2.36. The van der Waals surface area contributed by atoms with Crippen LogP contribution in [-0.2, 0) is 0 Å². The van der Waals surface area contributed by atoms with E-state index in [0.29, 0.717) is 15.7 Å². The van der Waals surface area contributed by atoms with Gasteiger partial charge in [-0.3, -0.25) is 0 Å². The van der Waals surface area contributed by atoms with Gasteiger partial charge in [0.05, 0.1) is 21.3 Å². The summed E-state index contributed by atoms with van der Waals surface area (Å²) in [6.07, 6.45) is 0. The van der Waals surface area contributed by atoms with Gasteiger partial charge in [-0.25, -0.2) is 9.18 Å². The number of carboxylic acid groups (broad SMARTS) is 1. The van der Waals surface area contributed by atoms with Crippen LogP contribution in [0.3, 0.4) is 0 Å².